The molecule has 1 atom stereocenters. The average molecular weight is 382 g/mol. The van der Waals surface area contributed by atoms with E-state index >= 15 is 0 Å². The number of carbonyl (C=O) groups excluding carboxylic acids is 1. The summed E-state index contributed by atoms with van der Waals surface area (Å²) in [7, 11) is 1.69. The van der Waals surface area contributed by atoms with E-state index in [2.05, 4.69) is 16.5 Å². The van der Waals surface area contributed by atoms with Crippen LogP contribution in [0.3, 0.4) is 0 Å². The van der Waals surface area contributed by atoms with E-state index in [1.807, 2.05) is 46.6 Å². The molecule has 0 spiro atoms. The number of thiophene rings is 1. The zero-order valence-electron chi connectivity index (χ0n) is 15.4. The number of fused-ring (bicyclic) bond motifs is 1. The van der Waals surface area contributed by atoms with Gasteiger partial charge in [0.25, 0.3) is 0 Å². The minimum Gasteiger partial charge on any atom is -0.496 e. The van der Waals surface area contributed by atoms with Gasteiger partial charge in [0.15, 0.2) is 0 Å². The Bertz CT molecular complexity index is 917. The SMILES string of the molecule is COc1ccccc1Cn1ncc2c1CCCC2NC(=O)Cc1cccs1. The largest absolute Gasteiger partial charge is 0.496 e. The van der Waals surface area contributed by atoms with Crippen molar-refractivity contribution in [3.8, 4) is 5.75 Å². The molecule has 27 heavy (non-hydrogen) atoms. The molecular formula is C21H23N3O2S. The standard InChI is InChI=1S/C21H23N3O2S/c1-26-20-10-3-2-6-15(20)14-24-19-9-4-8-18(17(19)13-22-24)23-21(25)12-16-7-5-11-27-16/h2-3,5-7,10-11,13,18H,4,8-9,12,14H2,1H3,(H,23,25). The van der Waals surface area contributed by atoms with Gasteiger partial charge in [-0.3, -0.25) is 9.48 Å². The highest BCUT2D eigenvalue weighted by atomic mass is 32.1. The molecule has 1 amide bonds. The van der Waals surface area contributed by atoms with Gasteiger partial charge in [-0.05, 0) is 36.8 Å². The van der Waals surface area contributed by atoms with Crippen molar-refractivity contribution in [1.82, 2.24) is 15.1 Å². The first-order chi connectivity index (χ1) is 13.2. The number of nitrogens with zero attached hydrogens (tertiary/aromatic N) is 2. The lowest BCUT2D eigenvalue weighted by atomic mass is 9.92. The fourth-order valence-electron chi connectivity index (χ4n) is 3.72. The maximum atomic E-state index is 12.4. The summed E-state index contributed by atoms with van der Waals surface area (Å²) >= 11 is 1.62. The van der Waals surface area contributed by atoms with Gasteiger partial charge in [0, 0.05) is 21.7 Å². The molecule has 0 fully saturated rings. The van der Waals surface area contributed by atoms with Crippen LogP contribution in [0.5, 0.6) is 5.75 Å². The van der Waals surface area contributed by atoms with E-state index in [4.69, 9.17) is 4.74 Å². The topological polar surface area (TPSA) is 56.1 Å². The first-order valence-electron chi connectivity index (χ1n) is 9.23. The number of amides is 1. The van der Waals surface area contributed by atoms with Gasteiger partial charge < -0.3 is 10.1 Å². The van der Waals surface area contributed by atoms with Crippen molar-refractivity contribution in [2.45, 2.75) is 38.3 Å². The Labute approximate surface area is 163 Å². The monoisotopic (exact) mass is 381 g/mol. The summed E-state index contributed by atoms with van der Waals surface area (Å²) in [5.74, 6) is 0.950. The van der Waals surface area contributed by atoms with Crippen molar-refractivity contribution < 1.29 is 9.53 Å². The average Bonchev–Trinajstić information content (AvgIpc) is 3.33. The Hall–Kier alpha value is -2.60. The van der Waals surface area contributed by atoms with E-state index in [9.17, 15) is 4.79 Å². The van der Waals surface area contributed by atoms with Gasteiger partial charge in [-0.1, -0.05) is 24.3 Å². The summed E-state index contributed by atoms with van der Waals surface area (Å²) in [5, 5.41) is 9.82. The number of benzene rings is 1. The Morgan fingerprint density at radius 2 is 2.22 bits per heavy atom. The van der Waals surface area contributed by atoms with Gasteiger partial charge in [0.05, 0.1) is 32.3 Å². The summed E-state index contributed by atoms with van der Waals surface area (Å²) in [6, 6.07) is 12.1. The van der Waals surface area contributed by atoms with E-state index in [0.717, 1.165) is 41.0 Å². The van der Waals surface area contributed by atoms with E-state index in [1.165, 1.54) is 5.69 Å². The minimum atomic E-state index is 0.0487. The number of ether oxygens (including phenoxy) is 1. The van der Waals surface area contributed by atoms with Crippen molar-refractivity contribution in [2.75, 3.05) is 7.11 Å². The highest BCUT2D eigenvalue weighted by Crippen LogP contribution is 2.31. The van der Waals surface area contributed by atoms with Crippen molar-refractivity contribution in [1.29, 1.82) is 0 Å². The fraction of sp³-hybridized carbons (Fsp3) is 0.333. The number of nitrogens with one attached hydrogen (secondary N) is 1. The van der Waals surface area contributed by atoms with Crippen molar-refractivity contribution in [3.05, 3.63) is 69.7 Å². The van der Waals surface area contributed by atoms with Crippen LogP contribution in [0, 0.1) is 0 Å². The van der Waals surface area contributed by atoms with Gasteiger partial charge in [-0.25, -0.2) is 0 Å². The van der Waals surface area contributed by atoms with Crippen LogP contribution in [0.1, 0.15) is 40.6 Å². The van der Waals surface area contributed by atoms with Crippen LogP contribution in [-0.4, -0.2) is 22.8 Å². The summed E-state index contributed by atoms with van der Waals surface area (Å²) in [6.07, 6.45) is 5.36. The molecule has 1 aliphatic rings. The van der Waals surface area contributed by atoms with Gasteiger partial charge in [-0.15, -0.1) is 11.3 Å². The van der Waals surface area contributed by atoms with Gasteiger partial charge in [0.2, 0.25) is 5.91 Å². The van der Waals surface area contributed by atoms with Crippen molar-refractivity contribution >= 4 is 17.2 Å². The lowest BCUT2D eigenvalue weighted by molar-refractivity contribution is -0.121. The van der Waals surface area contributed by atoms with E-state index < -0.39 is 0 Å². The molecule has 1 unspecified atom stereocenters. The van der Waals surface area contributed by atoms with Gasteiger partial charge in [-0.2, -0.15) is 5.10 Å². The van der Waals surface area contributed by atoms with Crippen LogP contribution in [0.4, 0.5) is 0 Å². The van der Waals surface area contributed by atoms with Crippen molar-refractivity contribution in [3.63, 3.8) is 0 Å². The minimum absolute atomic E-state index is 0.0487. The van der Waals surface area contributed by atoms with Crippen molar-refractivity contribution in [2.24, 2.45) is 0 Å². The molecule has 0 radical (unpaired) electrons. The lowest BCUT2D eigenvalue weighted by Gasteiger charge is -2.24. The normalized spacial score (nSPS) is 16.0. The summed E-state index contributed by atoms with van der Waals surface area (Å²) in [6.45, 7) is 0.676. The predicted octanol–water partition coefficient (Wildman–Crippen LogP) is 3.74. The molecule has 1 aliphatic carbocycles. The number of hydrogen-bond donors (Lipinski definition) is 1. The number of carbonyl (C=O) groups is 1. The van der Waals surface area contributed by atoms with Crippen LogP contribution in [-0.2, 0) is 24.2 Å². The molecule has 140 valence electrons. The van der Waals surface area contributed by atoms with Crippen LogP contribution in [0.2, 0.25) is 0 Å². The second-order valence-electron chi connectivity index (χ2n) is 6.78. The molecule has 0 saturated heterocycles. The number of hydrogen-bond acceptors (Lipinski definition) is 4. The highest BCUT2D eigenvalue weighted by molar-refractivity contribution is 7.10. The Morgan fingerprint density at radius 3 is 3.04 bits per heavy atom. The third kappa shape index (κ3) is 3.90. The zero-order valence-corrected chi connectivity index (χ0v) is 16.2. The molecule has 6 heteroatoms. The molecule has 0 bridgehead atoms. The molecule has 4 rings (SSSR count). The molecular weight excluding hydrogens is 358 g/mol. The molecule has 0 saturated carbocycles. The Balaban J connectivity index is 1.50. The van der Waals surface area contributed by atoms with E-state index in [0.29, 0.717) is 13.0 Å². The zero-order chi connectivity index (χ0) is 18.6. The molecule has 0 aliphatic heterocycles. The molecule has 3 aromatic rings. The van der Waals surface area contributed by atoms with E-state index in [-0.39, 0.29) is 11.9 Å². The van der Waals surface area contributed by atoms with E-state index in [1.54, 1.807) is 18.4 Å². The second kappa shape index (κ2) is 7.96. The van der Waals surface area contributed by atoms with Gasteiger partial charge in [0.1, 0.15) is 5.75 Å². The summed E-state index contributed by atoms with van der Waals surface area (Å²) < 4.78 is 7.51. The predicted molar refractivity (Wildman–Crippen MR) is 106 cm³/mol. The molecule has 5 nitrogen and oxygen atoms in total. The maximum Gasteiger partial charge on any atom is 0.225 e. The third-order valence-electron chi connectivity index (χ3n) is 5.03. The molecule has 2 aromatic heterocycles. The first-order valence-corrected chi connectivity index (χ1v) is 10.1. The highest BCUT2D eigenvalue weighted by Gasteiger charge is 2.26. The number of rotatable bonds is 6. The molecule has 1 N–H and O–H groups in total. The lowest BCUT2D eigenvalue weighted by Crippen LogP contribution is -2.32. The van der Waals surface area contributed by atoms with Crippen LogP contribution >= 0.6 is 11.3 Å². The maximum absolute atomic E-state index is 12.4. The first kappa shape index (κ1) is 17.8. The fourth-order valence-corrected chi connectivity index (χ4v) is 4.42. The van der Waals surface area contributed by atoms with Crippen LogP contribution in [0.15, 0.2) is 48.0 Å². The quantitative estimate of drug-likeness (QED) is 0.708. The Kier molecular flexibility index (Phi) is 5.25. The third-order valence-corrected chi connectivity index (χ3v) is 5.90. The number of methoxy groups -OCH3 is 1. The number of para-hydroxylation sites is 1. The molecule has 2 heterocycles. The van der Waals surface area contributed by atoms with Crippen LogP contribution in [0.25, 0.3) is 0 Å². The van der Waals surface area contributed by atoms with Gasteiger partial charge >= 0.3 is 0 Å². The summed E-state index contributed by atoms with van der Waals surface area (Å²) in [4.78, 5) is 13.5. The number of aromatic nitrogens is 2. The smallest absolute Gasteiger partial charge is 0.225 e. The van der Waals surface area contributed by atoms with Crippen LogP contribution < -0.4 is 10.1 Å². The second-order valence-corrected chi connectivity index (χ2v) is 7.82. The summed E-state index contributed by atoms with van der Waals surface area (Å²) in [5.41, 5.74) is 3.47. The Morgan fingerprint density at radius 1 is 1.33 bits per heavy atom. The molecule has 1 aromatic carbocycles.